The molecule has 4 rings (SSSR count). The first-order chi connectivity index (χ1) is 13.8. The highest BCUT2D eigenvalue weighted by molar-refractivity contribution is 5.80. The molecular weight excluding hydrogens is 356 g/mol. The van der Waals surface area contributed by atoms with Crippen LogP contribution in [0.5, 0.6) is 17.2 Å². The van der Waals surface area contributed by atoms with E-state index < -0.39 is 0 Å². The first-order valence-electron chi connectivity index (χ1n) is 9.18. The molecule has 6 nitrogen and oxygen atoms in total. The van der Waals surface area contributed by atoms with Gasteiger partial charge in [0.2, 0.25) is 6.79 Å². The van der Waals surface area contributed by atoms with Crippen molar-refractivity contribution in [2.24, 2.45) is 0 Å². The lowest BCUT2D eigenvalue weighted by molar-refractivity contribution is 0.174. The molecule has 0 atom stereocenters. The highest BCUT2D eigenvalue weighted by atomic mass is 16.7. The van der Waals surface area contributed by atoms with E-state index in [0.29, 0.717) is 17.9 Å². The second-order valence-electron chi connectivity index (χ2n) is 6.46. The Hall–Kier alpha value is -3.25. The third-order valence-electron chi connectivity index (χ3n) is 4.54. The Morgan fingerprint density at radius 1 is 1.07 bits per heavy atom. The van der Waals surface area contributed by atoms with Crippen molar-refractivity contribution < 1.29 is 19.3 Å². The van der Waals surface area contributed by atoms with E-state index in [2.05, 4.69) is 5.32 Å². The number of aromatic hydroxyl groups is 1. The Balaban J connectivity index is 1.76. The van der Waals surface area contributed by atoms with Gasteiger partial charge in [-0.25, -0.2) is 4.98 Å². The Labute approximate surface area is 163 Å². The number of hydrogen-bond acceptors (Lipinski definition) is 6. The fourth-order valence-electron chi connectivity index (χ4n) is 3.20. The molecule has 1 aromatic heterocycles. The highest BCUT2D eigenvalue weighted by Crippen LogP contribution is 2.42. The average molecular weight is 378 g/mol. The molecule has 1 aliphatic rings. The molecule has 2 N–H and O–H groups in total. The maximum absolute atomic E-state index is 10.3. The maximum atomic E-state index is 10.3. The number of phenolic OH excluding ortho intramolecular Hbond substituents is 1. The summed E-state index contributed by atoms with van der Waals surface area (Å²) in [5.74, 6) is 2.37. The van der Waals surface area contributed by atoms with E-state index >= 15 is 0 Å². The van der Waals surface area contributed by atoms with Crippen LogP contribution in [-0.4, -0.2) is 37.1 Å². The van der Waals surface area contributed by atoms with Crippen molar-refractivity contribution >= 4 is 5.82 Å². The lowest BCUT2D eigenvalue weighted by Gasteiger charge is -2.13. The van der Waals surface area contributed by atoms with E-state index in [0.717, 1.165) is 41.4 Å². The molecule has 0 aliphatic carbocycles. The van der Waals surface area contributed by atoms with Crippen LogP contribution in [0.25, 0.3) is 22.4 Å². The second kappa shape index (κ2) is 8.19. The van der Waals surface area contributed by atoms with Gasteiger partial charge in [0.15, 0.2) is 11.5 Å². The van der Waals surface area contributed by atoms with Crippen molar-refractivity contribution in [2.75, 3.05) is 32.4 Å². The highest BCUT2D eigenvalue weighted by Gasteiger charge is 2.20. The summed E-state index contributed by atoms with van der Waals surface area (Å²) >= 11 is 0. The first kappa shape index (κ1) is 18.1. The number of phenols is 1. The number of pyridine rings is 1. The molecular formula is C22H22N2O4. The zero-order valence-electron chi connectivity index (χ0n) is 15.6. The predicted octanol–water partition coefficient (Wildman–Crippen LogP) is 4.30. The molecule has 0 saturated heterocycles. The number of nitrogens with zero attached hydrogens (tertiary/aromatic N) is 1. The fraction of sp³-hybridized carbons (Fsp3) is 0.227. The zero-order chi connectivity index (χ0) is 19.3. The lowest BCUT2D eigenvalue weighted by atomic mass is 10.0. The van der Waals surface area contributed by atoms with Crippen LogP contribution in [-0.2, 0) is 4.74 Å². The number of aromatic nitrogens is 1. The van der Waals surface area contributed by atoms with Crippen molar-refractivity contribution in [2.45, 2.75) is 6.42 Å². The molecule has 0 fully saturated rings. The van der Waals surface area contributed by atoms with E-state index in [1.807, 2.05) is 42.5 Å². The van der Waals surface area contributed by atoms with E-state index in [1.54, 1.807) is 19.2 Å². The third kappa shape index (κ3) is 3.73. The summed E-state index contributed by atoms with van der Waals surface area (Å²) in [5.41, 5.74) is 3.22. The van der Waals surface area contributed by atoms with Crippen LogP contribution in [0, 0.1) is 0 Å². The summed E-state index contributed by atoms with van der Waals surface area (Å²) in [4.78, 5) is 4.70. The molecule has 0 unspecified atom stereocenters. The van der Waals surface area contributed by atoms with Gasteiger partial charge >= 0.3 is 0 Å². The third-order valence-corrected chi connectivity index (χ3v) is 4.54. The van der Waals surface area contributed by atoms with Gasteiger partial charge in [0, 0.05) is 31.4 Å². The average Bonchev–Trinajstić information content (AvgIpc) is 3.20. The van der Waals surface area contributed by atoms with Crippen molar-refractivity contribution in [3.8, 4) is 39.6 Å². The number of benzene rings is 2. The molecule has 0 amide bonds. The normalized spacial score (nSPS) is 12.2. The van der Waals surface area contributed by atoms with Crippen LogP contribution in [0.4, 0.5) is 5.82 Å². The Morgan fingerprint density at radius 2 is 1.93 bits per heavy atom. The van der Waals surface area contributed by atoms with Crippen LogP contribution in [0.2, 0.25) is 0 Å². The molecule has 144 valence electrons. The SMILES string of the molecule is COCCCNc1cc(-c2cccc3c2OCO3)cc(-c2ccccc2O)n1. The van der Waals surface area contributed by atoms with E-state index in [9.17, 15) is 5.11 Å². The topological polar surface area (TPSA) is 72.8 Å². The number of nitrogens with one attached hydrogen (secondary N) is 1. The monoisotopic (exact) mass is 378 g/mol. The van der Waals surface area contributed by atoms with Crippen molar-refractivity contribution in [1.29, 1.82) is 0 Å². The van der Waals surface area contributed by atoms with Gasteiger partial charge in [-0.05, 0) is 42.3 Å². The number of ether oxygens (including phenoxy) is 3. The summed E-state index contributed by atoms with van der Waals surface area (Å²) in [5, 5.41) is 13.6. The van der Waals surface area contributed by atoms with Crippen LogP contribution in [0.3, 0.4) is 0 Å². The maximum Gasteiger partial charge on any atom is 0.231 e. The largest absolute Gasteiger partial charge is 0.507 e. The molecule has 2 heterocycles. The minimum atomic E-state index is 0.190. The summed E-state index contributed by atoms with van der Waals surface area (Å²) in [6, 6.07) is 16.9. The van der Waals surface area contributed by atoms with Crippen molar-refractivity contribution in [3.05, 3.63) is 54.6 Å². The van der Waals surface area contributed by atoms with E-state index in [4.69, 9.17) is 19.2 Å². The van der Waals surface area contributed by atoms with E-state index in [1.165, 1.54) is 0 Å². The Bertz CT molecular complexity index is 975. The van der Waals surface area contributed by atoms with Gasteiger partial charge < -0.3 is 24.6 Å². The molecule has 3 aromatic rings. The van der Waals surface area contributed by atoms with Gasteiger partial charge in [-0.2, -0.15) is 0 Å². The molecule has 1 aliphatic heterocycles. The fourth-order valence-corrected chi connectivity index (χ4v) is 3.20. The molecule has 6 heteroatoms. The first-order valence-corrected chi connectivity index (χ1v) is 9.18. The second-order valence-corrected chi connectivity index (χ2v) is 6.46. The van der Waals surface area contributed by atoms with Gasteiger partial charge in [-0.1, -0.05) is 24.3 Å². The number of para-hydroxylation sites is 2. The minimum absolute atomic E-state index is 0.190. The number of hydrogen-bond donors (Lipinski definition) is 2. The van der Waals surface area contributed by atoms with Crippen LogP contribution >= 0.6 is 0 Å². The smallest absolute Gasteiger partial charge is 0.231 e. The minimum Gasteiger partial charge on any atom is -0.507 e. The summed E-state index contributed by atoms with van der Waals surface area (Å²) in [6.45, 7) is 1.62. The predicted molar refractivity (Wildman–Crippen MR) is 108 cm³/mol. The standard InChI is InChI=1S/C22H22N2O4/c1-26-11-5-10-23-21-13-15(16-7-4-9-20-22(16)28-14-27-20)12-18(24-21)17-6-2-3-8-19(17)25/h2-4,6-9,12-13,25H,5,10-11,14H2,1H3,(H,23,24). The number of methoxy groups -OCH3 is 1. The van der Waals surface area contributed by atoms with Gasteiger partial charge in [-0.3, -0.25) is 0 Å². The lowest BCUT2D eigenvalue weighted by Crippen LogP contribution is -2.06. The van der Waals surface area contributed by atoms with E-state index in [-0.39, 0.29) is 12.5 Å². The quantitative estimate of drug-likeness (QED) is 0.597. The summed E-state index contributed by atoms with van der Waals surface area (Å²) in [7, 11) is 1.69. The Kier molecular flexibility index (Phi) is 5.30. The number of fused-ring (bicyclic) bond motifs is 1. The summed E-state index contributed by atoms with van der Waals surface area (Å²) < 4.78 is 16.3. The molecule has 0 bridgehead atoms. The number of rotatable bonds is 7. The Morgan fingerprint density at radius 3 is 2.79 bits per heavy atom. The molecule has 2 aromatic carbocycles. The molecule has 0 radical (unpaired) electrons. The van der Waals surface area contributed by atoms with Gasteiger partial charge in [0.1, 0.15) is 11.6 Å². The van der Waals surface area contributed by atoms with Crippen LogP contribution < -0.4 is 14.8 Å². The van der Waals surface area contributed by atoms with Crippen LogP contribution in [0.1, 0.15) is 6.42 Å². The molecule has 0 saturated carbocycles. The van der Waals surface area contributed by atoms with Gasteiger partial charge in [-0.15, -0.1) is 0 Å². The van der Waals surface area contributed by atoms with Gasteiger partial charge in [0.05, 0.1) is 5.69 Å². The molecule has 0 spiro atoms. The summed E-state index contributed by atoms with van der Waals surface area (Å²) in [6.07, 6.45) is 0.867. The van der Waals surface area contributed by atoms with Crippen LogP contribution in [0.15, 0.2) is 54.6 Å². The number of anilines is 1. The van der Waals surface area contributed by atoms with Gasteiger partial charge in [0.25, 0.3) is 0 Å². The van der Waals surface area contributed by atoms with Crippen molar-refractivity contribution in [1.82, 2.24) is 4.98 Å². The van der Waals surface area contributed by atoms with Crippen molar-refractivity contribution in [3.63, 3.8) is 0 Å². The molecule has 28 heavy (non-hydrogen) atoms. The zero-order valence-corrected chi connectivity index (χ0v) is 15.6.